The number of para-hydroxylation sites is 1. The fourth-order valence-corrected chi connectivity index (χ4v) is 3.00. The van der Waals surface area contributed by atoms with Gasteiger partial charge in [-0.25, -0.2) is 0 Å². The fraction of sp³-hybridized carbons (Fsp3) is 0.533. The molecule has 1 saturated heterocycles. The summed E-state index contributed by atoms with van der Waals surface area (Å²) in [5.74, 6) is 1.75. The first-order chi connectivity index (χ1) is 9.81. The third kappa shape index (κ3) is 3.09. The maximum Gasteiger partial charge on any atom is 0.237 e. The predicted molar refractivity (Wildman–Crippen MR) is 82.3 cm³/mol. The highest BCUT2D eigenvalue weighted by Gasteiger charge is 2.32. The molecule has 3 rings (SSSR count). The molecule has 2 aliphatic rings. The summed E-state index contributed by atoms with van der Waals surface area (Å²) in [6, 6.07) is 6.05. The average Bonchev–Trinajstić information content (AvgIpc) is 2.96. The van der Waals surface area contributed by atoms with Crippen LogP contribution in [0.2, 0.25) is 0 Å². The molecule has 2 aliphatic heterocycles. The summed E-state index contributed by atoms with van der Waals surface area (Å²) in [5.41, 5.74) is 1.07. The molecule has 0 aliphatic carbocycles. The van der Waals surface area contributed by atoms with E-state index in [1.165, 1.54) is 0 Å². The van der Waals surface area contributed by atoms with Crippen molar-refractivity contribution in [2.45, 2.75) is 18.9 Å². The highest BCUT2D eigenvalue weighted by atomic mass is 35.5. The number of benzene rings is 1. The third-order valence-corrected chi connectivity index (χ3v) is 3.86. The molecular weight excluding hydrogens is 292 g/mol. The molecule has 0 bridgehead atoms. The van der Waals surface area contributed by atoms with E-state index in [0.29, 0.717) is 19.8 Å². The normalized spacial score (nSPS) is 20.0. The van der Waals surface area contributed by atoms with E-state index in [2.05, 4.69) is 5.32 Å². The van der Waals surface area contributed by atoms with Crippen LogP contribution in [-0.4, -0.2) is 44.2 Å². The highest BCUT2D eigenvalue weighted by Crippen LogP contribution is 2.42. The van der Waals surface area contributed by atoms with E-state index < -0.39 is 0 Å². The van der Waals surface area contributed by atoms with Crippen molar-refractivity contribution in [2.75, 3.05) is 33.4 Å². The molecule has 0 spiro atoms. The molecule has 1 N–H and O–H groups in total. The van der Waals surface area contributed by atoms with Crippen LogP contribution in [0, 0.1) is 0 Å². The summed E-state index contributed by atoms with van der Waals surface area (Å²) in [4.78, 5) is 14.1. The minimum atomic E-state index is 0. The highest BCUT2D eigenvalue weighted by molar-refractivity contribution is 5.85. The quantitative estimate of drug-likeness (QED) is 0.924. The Hall–Kier alpha value is -1.46. The van der Waals surface area contributed by atoms with Crippen molar-refractivity contribution in [3.63, 3.8) is 0 Å². The number of ether oxygens (including phenoxy) is 2. The largest absolute Gasteiger partial charge is 0.486 e. The lowest BCUT2D eigenvalue weighted by molar-refractivity contribution is -0.131. The zero-order chi connectivity index (χ0) is 13.9. The van der Waals surface area contributed by atoms with Crippen molar-refractivity contribution in [3.05, 3.63) is 23.8 Å². The Morgan fingerprint density at radius 1 is 1.38 bits per heavy atom. The molecule has 1 unspecified atom stereocenters. The number of nitrogens with one attached hydrogen (secondary N) is 1. The van der Waals surface area contributed by atoms with Gasteiger partial charge in [0.15, 0.2) is 11.5 Å². The molecule has 21 heavy (non-hydrogen) atoms. The van der Waals surface area contributed by atoms with Gasteiger partial charge in [0.05, 0.1) is 12.6 Å². The lowest BCUT2D eigenvalue weighted by Gasteiger charge is -2.29. The summed E-state index contributed by atoms with van der Waals surface area (Å²) in [6.07, 6.45) is 2.01. The summed E-state index contributed by atoms with van der Waals surface area (Å²) in [7, 11) is 1.80. The lowest BCUT2D eigenvalue weighted by Crippen LogP contribution is -2.37. The van der Waals surface area contributed by atoms with E-state index >= 15 is 0 Å². The maximum atomic E-state index is 12.2. The molecule has 116 valence electrons. The van der Waals surface area contributed by atoms with Gasteiger partial charge in [0, 0.05) is 12.1 Å². The van der Waals surface area contributed by atoms with Crippen molar-refractivity contribution < 1.29 is 14.3 Å². The van der Waals surface area contributed by atoms with Gasteiger partial charge in [0.2, 0.25) is 5.91 Å². The second-order valence-electron chi connectivity index (χ2n) is 5.15. The molecule has 1 aromatic carbocycles. The zero-order valence-electron chi connectivity index (χ0n) is 12.1. The second-order valence-corrected chi connectivity index (χ2v) is 5.15. The van der Waals surface area contributed by atoms with Gasteiger partial charge in [-0.15, -0.1) is 12.4 Å². The SMILES string of the molecule is CNCC(=O)N1CCCC1c1cccc2c1OCCO2.Cl. The summed E-state index contributed by atoms with van der Waals surface area (Å²) < 4.78 is 11.4. The Morgan fingerprint density at radius 3 is 3.00 bits per heavy atom. The number of rotatable bonds is 3. The molecular formula is C15H21ClN2O3. The Kier molecular flexibility index (Phi) is 5.31. The van der Waals surface area contributed by atoms with Gasteiger partial charge in [-0.2, -0.15) is 0 Å². The van der Waals surface area contributed by atoms with Crippen LogP contribution in [0.5, 0.6) is 11.5 Å². The number of likely N-dealkylation sites (tertiary alicyclic amines) is 1. The molecule has 1 atom stereocenters. The van der Waals surface area contributed by atoms with Crippen LogP contribution in [0.25, 0.3) is 0 Å². The molecule has 0 radical (unpaired) electrons. The van der Waals surface area contributed by atoms with Crippen LogP contribution in [0.1, 0.15) is 24.4 Å². The number of carbonyl (C=O) groups excluding carboxylic acids is 1. The number of hydrogen-bond acceptors (Lipinski definition) is 4. The predicted octanol–water partition coefficient (Wildman–Crippen LogP) is 1.76. The lowest BCUT2D eigenvalue weighted by atomic mass is 10.0. The minimum absolute atomic E-state index is 0. The number of hydrogen-bond donors (Lipinski definition) is 1. The standard InChI is InChI=1S/C15H20N2O3.ClH/c1-16-10-14(18)17-7-3-5-12(17)11-4-2-6-13-15(11)20-9-8-19-13;/h2,4,6,12,16H,3,5,7-10H2,1H3;1H. The van der Waals surface area contributed by atoms with Crippen molar-refractivity contribution >= 4 is 18.3 Å². The number of halogens is 1. The first-order valence-corrected chi connectivity index (χ1v) is 7.14. The number of carbonyl (C=O) groups is 1. The molecule has 2 heterocycles. The zero-order valence-corrected chi connectivity index (χ0v) is 12.9. The molecule has 0 saturated carbocycles. The van der Waals surface area contributed by atoms with Crippen molar-refractivity contribution in [1.82, 2.24) is 10.2 Å². The number of amides is 1. The summed E-state index contributed by atoms with van der Waals surface area (Å²) in [5, 5.41) is 2.93. The van der Waals surface area contributed by atoms with Crippen LogP contribution >= 0.6 is 12.4 Å². The van der Waals surface area contributed by atoms with Crippen LogP contribution in [0.15, 0.2) is 18.2 Å². The number of fused-ring (bicyclic) bond motifs is 1. The summed E-state index contributed by atoms with van der Waals surface area (Å²) >= 11 is 0. The molecule has 1 fully saturated rings. The molecule has 1 amide bonds. The van der Waals surface area contributed by atoms with E-state index in [9.17, 15) is 4.79 Å². The monoisotopic (exact) mass is 312 g/mol. The van der Waals surface area contributed by atoms with Crippen molar-refractivity contribution in [2.24, 2.45) is 0 Å². The van der Waals surface area contributed by atoms with Crippen LogP contribution in [0.3, 0.4) is 0 Å². The molecule has 5 nitrogen and oxygen atoms in total. The van der Waals surface area contributed by atoms with Crippen LogP contribution in [-0.2, 0) is 4.79 Å². The van der Waals surface area contributed by atoms with Crippen molar-refractivity contribution in [3.8, 4) is 11.5 Å². The van der Waals surface area contributed by atoms with E-state index in [1.807, 2.05) is 23.1 Å². The van der Waals surface area contributed by atoms with Gasteiger partial charge in [-0.1, -0.05) is 12.1 Å². The van der Waals surface area contributed by atoms with Crippen molar-refractivity contribution in [1.29, 1.82) is 0 Å². The smallest absolute Gasteiger partial charge is 0.237 e. The van der Waals surface area contributed by atoms with Crippen LogP contribution in [0.4, 0.5) is 0 Å². The van der Waals surface area contributed by atoms with Crippen LogP contribution < -0.4 is 14.8 Å². The fourth-order valence-electron chi connectivity index (χ4n) is 3.00. The first kappa shape index (κ1) is 15.9. The average molecular weight is 313 g/mol. The molecule has 6 heteroatoms. The number of nitrogens with zero attached hydrogens (tertiary/aromatic N) is 1. The van der Waals surface area contributed by atoms with E-state index in [-0.39, 0.29) is 24.4 Å². The van der Waals surface area contributed by atoms with E-state index in [0.717, 1.165) is 36.4 Å². The Balaban J connectivity index is 0.00000161. The van der Waals surface area contributed by atoms with E-state index in [1.54, 1.807) is 7.05 Å². The topological polar surface area (TPSA) is 50.8 Å². The summed E-state index contributed by atoms with van der Waals surface area (Å²) in [6.45, 7) is 2.35. The number of likely N-dealkylation sites (N-methyl/N-ethyl adjacent to an activating group) is 1. The maximum absolute atomic E-state index is 12.2. The van der Waals surface area contributed by atoms with Gasteiger partial charge >= 0.3 is 0 Å². The Labute approximate surface area is 131 Å². The van der Waals surface area contributed by atoms with Gasteiger partial charge in [0.25, 0.3) is 0 Å². The van der Waals surface area contributed by atoms with Gasteiger partial charge in [-0.3, -0.25) is 4.79 Å². The first-order valence-electron chi connectivity index (χ1n) is 7.14. The second kappa shape index (κ2) is 7.00. The van der Waals surface area contributed by atoms with Gasteiger partial charge < -0.3 is 19.7 Å². The molecule has 1 aromatic rings. The third-order valence-electron chi connectivity index (χ3n) is 3.86. The van der Waals surface area contributed by atoms with E-state index in [4.69, 9.17) is 9.47 Å². The Bertz CT molecular complexity index is 510. The Morgan fingerprint density at radius 2 is 2.19 bits per heavy atom. The van der Waals surface area contributed by atoms with Gasteiger partial charge in [0.1, 0.15) is 13.2 Å². The minimum Gasteiger partial charge on any atom is -0.486 e. The molecule has 0 aromatic heterocycles. The van der Waals surface area contributed by atoms with Gasteiger partial charge in [-0.05, 0) is 26.0 Å².